The number of benzene rings is 6. The molecular formula is C53H63Cl2F2KN4O7S. The Hall–Kier alpha value is -3.49. The molecule has 0 radical (unpaired) electrons. The first-order valence-electron chi connectivity index (χ1n) is 22.3. The van der Waals surface area contributed by atoms with Crippen LogP contribution in [0.2, 0.25) is 10.0 Å². The minimum Gasteiger partial charge on any atom is -0.850 e. The molecule has 2 aliphatic rings. The van der Waals surface area contributed by atoms with E-state index in [2.05, 4.69) is 60.3 Å². The van der Waals surface area contributed by atoms with E-state index < -0.39 is 21.0 Å². The quantitative estimate of drug-likeness (QED) is 0.0704. The molecule has 0 bridgehead atoms. The fourth-order valence-electron chi connectivity index (χ4n) is 7.74. The normalized spacial score (nSPS) is 16.9. The van der Waals surface area contributed by atoms with Crippen LogP contribution in [-0.2, 0) is 27.1 Å². The summed E-state index contributed by atoms with van der Waals surface area (Å²) in [6.07, 6.45) is 1.80. The summed E-state index contributed by atoms with van der Waals surface area (Å²) in [5.74, 6) is -0.209. The molecular weight excluding hydrogens is 985 g/mol. The van der Waals surface area contributed by atoms with E-state index in [1.807, 2.05) is 84.9 Å². The summed E-state index contributed by atoms with van der Waals surface area (Å²) in [6.45, 7) is 11.3. The van der Waals surface area contributed by atoms with Crippen LogP contribution in [-0.4, -0.2) is 93.4 Å². The Kier molecular flexibility index (Phi) is 22.8. The summed E-state index contributed by atoms with van der Waals surface area (Å²) in [4.78, 5) is 9.05. The molecule has 6 aromatic carbocycles. The van der Waals surface area contributed by atoms with Crippen LogP contribution in [0.15, 0.2) is 146 Å². The molecule has 0 unspecified atom stereocenters. The molecule has 17 heteroatoms. The molecule has 0 aromatic heterocycles. The van der Waals surface area contributed by atoms with Gasteiger partial charge >= 0.3 is 51.4 Å². The maximum atomic E-state index is 14.9. The van der Waals surface area contributed by atoms with Gasteiger partial charge in [-0.25, -0.2) is 18.2 Å². The van der Waals surface area contributed by atoms with E-state index in [9.17, 15) is 23.2 Å². The largest absolute Gasteiger partial charge is 1.00 e. The standard InChI is InChI=1S/C24H24ClFN2O.C23H22ClFN2O.C4H9O.C2H8O4S.K/c1-29-21-11-12-23(22(26)15-21)28-14-13-27(16-18-5-3-2-4-6-18)17-24(28)19-7-9-20(25)10-8-19;24-19-8-6-18(7-9-19)23-16-26(15-17-4-2-1-3-5-17)12-13-27(23)22-11-10-20(28)14-21(22)25;1-4(2,3)5;1-7(2,4,5)6-3;/h2-12,15,24H,13-14,16-17H2,1H3;1-11,14,23,28H,12-13,15-16H2;1-3H3;3H,1-2H3,(H,4,5);/q;;-1;;+1/t24-;23-;;;/m00.../s1. The topological polar surface area (TPSA) is 132 Å². The minimum atomic E-state index is -4.06. The van der Waals surface area contributed by atoms with Gasteiger partial charge in [0.1, 0.15) is 32.8 Å². The van der Waals surface area contributed by atoms with Gasteiger partial charge in [-0.1, -0.05) is 129 Å². The van der Waals surface area contributed by atoms with Gasteiger partial charge in [0.25, 0.3) is 0 Å². The van der Waals surface area contributed by atoms with Crippen LogP contribution in [0.3, 0.4) is 0 Å². The van der Waals surface area contributed by atoms with Crippen molar-refractivity contribution in [2.24, 2.45) is 0 Å². The van der Waals surface area contributed by atoms with E-state index in [1.54, 1.807) is 33.9 Å². The van der Waals surface area contributed by atoms with Crippen molar-refractivity contribution >= 4 is 44.2 Å². The predicted molar refractivity (Wildman–Crippen MR) is 274 cm³/mol. The second-order valence-electron chi connectivity index (χ2n) is 18.3. The van der Waals surface area contributed by atoms with Gasteiger partial charge in [-0.15, -0.1) is 9.93 Å². The molecule has 2 aliphatic heterocycles. The molecule has 70 heavy (non-hydrogen) atoms. The SMILES string of the molecule is CC(C)(C)[O-].COc1ccc(N2CCN(Cc3ccccc3)C[C@H]2c2ccc(Cl)cc2)c(F)c1.CS(C)(=O)(O)OO.Oc1ccc(N2CCN(Cc3ccccc3)C[C@H]2c2ccc(Cl)cc2)c(F)c1.[K+]. The third kappa shape index (κ3) is 19.8. The Bertz CT molecular complexity index is 2580. The first-order chi connectivity index (χ1) is 32.5. The first kappa shape index (κ1) is 59.1. The Labute approximate surface area is 464 Å². The Morgan fingerprint density at radius 2 is 1.03 bits per heavy atom. The molecule has 3 N–H and O–H groups in total. The molecule has 2 heterocycles. The summed E-state index contributed by atoms with van der Waals surface area (Å²) in [5.41, 5.74) is 5.13. The zero-order valence-electron chi connectivity index (χ0n) is 40.9. The van der Waals surface area contributed by atoms with E-state index in [0.29, 0.717) is 33.7 Å². The number of rotatable bonds is 10. The van der Waals surface area contributed by atoms with Gasteiger partial charge in [-0.3, -0.25) is 9.80 Å². The number of anilines is 2. The molecule has 2 fully saturated rings. The van der Waals surface area contributed by atoms with E-state index in [4.69, 9.17) is 37.7 Å². The van der Waals surface area contributed by atoms with Crippen molar-refractivity contribution < 1.29 is 93.5 Å². The van der Waals surface area contributed by atoms with Crippen LogP contribution in [0.25, 0.3) is 0 Å². The molecule has 372 valence electrons. The molecule has 0 amide bonds. The molecule has 11 nitrogen and oxygen atoms in total. The monoisotopic (exact) mass is 1050 g/mol. The summed E-state index contributed by atoms with van der Waals surface area (Å²) >= 11 is 12.2. The second kappa shape index (κ2) is 27.0. The first-order valence-corrected chi connectivity index (χ1v) is 25.8. The van der Waals surface area contributed by atoms with Gasteiger partial charge in [0.15, 0.2) is 0 Å². The average molecular weight is 1050 g/mol. The fraction of sp³-hybridized carbons (Fsp3) is 0.321. The molecule has 0 aliphatic carbocycles. The molecule has 8 rings (SSSR count). The maximum absolute atomic E-state index is 14.9. The molecule has 0 spiro atoms. The summed E-state index contributed by atoms with van der Waals surface area (Å²) in [5, 5.41) is 28.7. The summed E-state index contributed by atoms with van der Waals surface area (Å²) in [7, 11) is -2.51. The smallest absolute Gasteiger partial charge is 0.850 e. The van der Waals surface area contributed by atoms with Gasteiger partial charge in [0, 0.05) is 87.0 Å². The number of nitrogens with zero attached hydrogens (tertiary/aromatic N) is 4. The van der Waals surface area contributed by atoms with Gasteiger partial charge in [0.05, 0.1) is 30.6 Å². The predicted octanol–water partition coefficient (Wildman–Crippen LogP) is 7.89. The van der Waals surface area contributed by atoms with Crippen molar-refractivity contribution in [1.82, 2.24) is 9.80 Å². The number of methoxy groups -OCH3 is 1. The number of hydrogen-bond acceptors (Lipinski definition) is 10. The molecule has 2 saturated heterocycles. The van der Waals surface area contributed by atoms with Gasteiger partial charge in [-0.2, -0.15) is 0 Å². The van der Waals surface area contributed by atoms with E-state index in [0.717, 1.165) is 69.5 Å². The summed E-state index contributed by atoms with van der Waals surface area (Å²) < 4.78 is 56.5. The number of phenolic OH excluding ortho intramolecular Hbond substituents is 1. The number of ether oxygens (including phenoxy) is 1. The van der Waals surface area contributed by atoms with Crippen LogP contribution >= 0.6 is 23.2 Å². The second-order valence-corrected chi connectivity index (χ2v) is 22.6. The van der Waals surface area contributed by atoms with Crippen LogP contribution in [0.1, 0.15) is 55.1 Å². The fourth-order valence-corrected chi connectivity index (χ4v) is 7.99. The van der Waals surface area contributed by atoms with Crippen LogP contribution < -0.4 is 71.0 Å². The van der Waals surface area contributed by atoms with Crippen molar-refractivity contribution in [2.45, 2.75) is 51.5 Å². The van der Waals surface area contributed by atoms with Crippen LogP contribution in [0, 0.1) is 11.6 Å². The van der Waals surface area contributed by atoms with Crippen molar-refractivity contribution in [2.75, 3.05) is 68.7 Å². The molecule has 0 saturated carbocycles. The summed E-state index contributed by atoms with van der Waals surface area (Å²) in [6, 6.07) is 45.9. The third-order valence-corrected chi connectivity index (χ3v) is 11.8. The maximum Gasteiger partial charge on any atom is 1.00 e. The van der Waals surface area contributed by atoms with Crippen molar-refractivity contribution in [3.8, 4) is 11.5 Å². The van der Waals surface area contributed by atoms with Crippen LogP contribution in [0.4, 0.5) is 20.2 Å². The average Bonchev–Trinajstić information content (AvgIpc) is 3.30. The Morgan fingerprint density at radius 3 is 1.37 bits per heavy atom. The van der Waals surface area contributed by atoms with Crippen molar-refractivity contribution in [3.05, 3.63) is 190 Å². The van der Waals surface area contributed by atoms with E-state index >= 15 is 0 Å². The number of aromatic hydroxyl groups is 1. The molecule has 6 aromatic rings. The minimum absolute atomic E-state index is 0. The zero-order valence-corrected chi connectivity index (χ0v) is 46.3. The van der Waals surface area contributed by atoms with Crippen LogP contribution in [0.5, 0.6) is 11.5 Å². The number of halogens is 4. The Balaban J connectivity index is 0.000000245. The van der Waals surface area contributed by atoms with Gasteiger partial charge in [-0.05, 0) is 70.8 Å². The number of phenols is 1. The third-order valence-electron chi connectivity index (χ3n) is 10.9. The molecule has 2 atom stereocenters. The van der Waals surface area contributed by atoms with Crippen molar-refractivity contribution in [1.29, 1.82) is 0 Å². The van der Waals surface area contributed by atoms with Gasteiger partial charge in [0.2, 0.25) is 0 Å². The number of hydrogen-bond donors (Lipinski definition) is 3. The van der Waals surface area contributed by atoms with E-state index in [-0.39, 0.29) is 75.0 Å². The number of piperazine rings is 2. The van der Waals surface area contributed by atoms with Gasteiger partial charge < -0.3 is 29.3 Å². The van der Waals surface area contributed by atoms with E-state index in [1.165, 1.54) is 29.3 Å². The zero-order chi connectivity index (χ0) is 50.4. The van der Waals surface area contributed by atoms with Crippen molar-refractivity contribution in [3.63, 3.8) is 0 Å². The Morgan fingerprint density at radius 1 is 0.657 bits per heavy atom.